The predicted octanol–water partition coefficient (Wildman–Crippen LogP) is 4.50. The van der Waals surface area contributed by atoms with Gasteiger partial charge < -0.3 is 20.1 Å². The lowest BCUT2D eigenvalue weighted by Crippen LogP contribution is -2.04. The Labute approximate surface area is 137 Å². The lowest BCUT2D eigenvalue weighted by atomic mass is 9.91. The van der Waals surface area contributed by atoms with Crippen molar-refractivity contribution in [2.24, 2.45) is 0 Å². The minimum absolute atomic E-state index is 0.0525. The molecule has 0 aliphatic heterocycles. The van der Waals surface area contributed by atoms with Crippen LogP contribution in [0.5, 0.6) is 23.0 Å². The van der Waals surface area contributed by atoms with Gasteiger partial charge in [0.2, 0.25) is 0 Å². The number of phenols is 3. The summed E-state index contributed by atoms with van der Waals surface area (Å²) >= 11 is 0. The predicted molar refractivity (Wildman–Crippen MR) is 90.5 cm³/mol. The van der Waals surface area contributed by atoms with E-state index in [1.807, 2.05) is 20.8 Å². The van der Waals surface area contributed by atoms with Gasteiger partial charge in [-0.05, 0) is 54.7 Å². The maximum absolute atomic E-state index is 10.4. The lowest BCUT2D eigenvalue weighted by Gasteiger charge is -2.18. The summed E-state index contributed by atoms with van der Waals surface area (Å²) in [6.07, 6.45) is 0.704. The van der Waals surface area contributed by atoms with Crippen LogP contribution in [0.2, 0.25) is 0 Å². The maximum Gasteiger partial charge on any atom is 0.122 e. The highest BCUT2D eigenvalue weighted by Gasteiger charge is 2.17. The maximum atomic E-state index is 10.4. The van der Waals surface area contributed by atoms with Gasteiger partial charge in [-0.15, -0.1) is 0 Å². The van der Waals surface area contributed by atoms with Crippen LogP contribution in [0, 0.1) is 0 Å². The Bertz CT molecular complexity index is 647. The molecule has 0 aliphatic rings. The minimum Gasteiger partial charge on any atom is -0.508 e. The van der Waals surface area contributed by atoms with Gasteiger partial charge in [0.1, 0.15) is 23.0 Å². The molecule has 4 heteroatoms. The Morgan fingerprint density at radius 2 is 1.48 bits per heavy atom. The number of ether oxygens (including phenoxy) is 1. The van der Waals surface area contributed by atoms with Gasteiger partial charge in [-0.3, -0.25) is 0 Å². The van der Waals surface area contributed by atoms with Crippen LogP contribution in [0.25, 0.3) is 0 Å². The molecule has 2 aromatic carbocycles. The van der Waals surface area contributed by atoms with Crippen LogP contribution in [0.1, 0.15) is 50.2 Å². The van der Waals surface area contributed by atoms with Crippen molar-refractivity contribution < 1.29 is 20.1 Å². The van der Waals surface area contributed by atoms with Crippen molar-refractivity contribution in [3.05, 3.63) is 47.5 Å². The van der Waals surface area contributed by atoms with Gasteiger partial charge in [0.15, 0.2) is 0 Å². The second kappa shape index (κ2) is 7.27. The average Bonchev–Trinajstić information content (AvgIpc) is 2.50. The molecule has 0 bridgehead atoms. The van der Waals surface area contributed by atoms with E-state index in [1.54, 1.807) is 36.4 Å². The third-order valence-electron chi connectivity index (χ3n) is 3.96. The van der Waals surface area contributed by atoms with Crippen LogP contribution in [0.4, 0.5) is 0 Å². The standard InChI is InChI=1S/C19H24O4/c1-12(2)17-10-15(21)11-18(19(17)22)13(3)8-9-23-16-6-4-14(20)5-7-16/h4-7,10-13,20-22H,8-9H2,1-3H3. The van der Waals surface area contributed by atoms with E-state index in [0.29, 0.717) is 18.8 Å². The third-order valence-corrected chi connectivity index (χ3v) is 3.96. The van der Waals surface area contributed by atoms with Gasteiger partial charge in [-0.25, -0.2) is 0 Å². The molecule has 0 spiro atoms. The molecule has 3 N–H and O–H groups in total. The molecule has 0 saturated heterocycles. The summed E-state index contributed by atoms with van der Waals surface area (Å²) < 4.78 is 5.65. The van der Waals surface area contributed by atoms with Crippen LogP contribution < -0.4 is 4.74 Å². The Balaban J connectivity index is 2.03. The number of hydrogen-bond donors (Lipinski definition) is 3. The normalized spacial score (nSPS) is 12.3. The molecule has 23 heavy (non-hydrogen) atoms. The van der Waals surface area contributed by atoms with E-state index in [2.05, 4.69) is 0 Å². The minimum atomic E-state index is 0.0525. The number of hydrogen-bond acceptors (Lipinski definition) is 4. The van der Waals surface area contributed by atoms with E-state index < -0.39 is 0 Å². The Hall–Kier alpha value is -2.36. The van der Waals surface area contributed by atoms with Gasteiger partial charge in [-0.1, -0.05) is 20.8 Å². The zero-order chi connectivity index (χ0) is 17.0. The summed E-state index contributed by atoms with van der Waals surface area (Å²) in [7, 11) is 0. The van der Waals surface area contributed by atoms with Gasteiger partial charge in [-0.2, -0.15) is 0 Å². The summed E-state index contributed by atoms with van der Waals surface area (Å²) in [5, 5.41) is 29.5. The summed E-state index contributed by atoms with van der Waals surface area (Å²) in [5.41, 5.74) is 1.49. The van der Waals surface area contributed by atoms with Crippen LogP contribution >= 0.6 is 0 Å². The van der Waals surface area contributed by atoms with E-state index in [0.717, 1.165) is 11.1 Å². The van der Waals surface area contributed by atoms with Crippen LogP contribution in [0.15, 0.2) is 36.4 Å². The van der Waals surface area contributed by atoms with Crippen molar-refractivity contribution in [2.45, 2.75) is 39.0 Å². The number of rotatable bonds is 6. The first-order chi connectivity index (χ1) is 10.9. The van der Waals surface area contributed by atoms with Gasteiger partial charge >= 0.3 is 0 Å². The van der Waals surface area contributed by atoms with Crippen molar-refractivity contribution in [3.8, 4) is 23.0 Å². The van der Waals surface area contributed by atoms with Gasteiger partial charge in [0.05, 0.1) is 6.61 Å². The van der Waals surface area contributed by atoms with E-state index in [4.69, 9.17) is 4.74 Å². The first-order valence-electron chi connectivity index (χ1n) is 7.86. The Kier molecular flexibility index (Phi) is 5.37. The first-order valence-corrected chi connectivity index (χ1v) is 7.86. The topological polar surface area (TPSA) is 69.9 Å². The largest absolute Gasteiger partial charge is 0.508 e. The van der Waals surface area contributed by atoms with E-state index in [1.165, 1.54) is 0 Å². The molecule has 2 rings (SSSR count). The molecule has 2 aromatic rings. The monoisotopic (exact) mass is 316 g/mol. The van der Waals surface area contributed by atoms with E-state index in [-0.39, 0.29) is 29.1 Å². The van der Waals surface area contributed by atoms with Gasteiger partial charge in [0, 0.05) is 11.1 Å². The van der Waals surface area contributed by atoms with Crippen molar-refractivity contribution in [1.29, 1.82) is 0 Å². The highest BCUT2D eigenvalue weighted by atomic mass is 16.5. The van der Waals surface area contributed by atoms with Crippen LogP contribution in [0.3, 0.4) is 0 Å². The molecule has 0 aromatic heterocycles. The fourth-order valence-electron chi connectivity index (χ4n) is 2.53. The highest BCUT2D eigenvalue weighted by Crippen LogP contribution is 2.38. The van der Waals surface area contributed by atoms with E-state index in [9.17, 15) is 15.3 Å². The average molecular weight is 316 g/mol. The summed E-state index contributed by atoms with van der Waals surface area (Å²) in [6.45, 7) is 6.45. The number of phenolic OH excluding ortho intramolecular Hbond substituents is 3. The van der Waals surface area contributed by atoms with Crippen molar-refractivity contribution in [2.75, 3.05) is 6.61 Å². The quantitative estimate of drug-likeness (QED) is 0.686. The molecule has 4 nitrogen and oxygen atoms in total. The van der Waals surface area contributed by atoms with Crippen molar-refractivity contribution in [3.63, 3.8) is 0 Å². The van der Waals surface area contributed by atoms with E-state index >= 15 is 0 Å². The Morgan fingerprint density at radius 3 is 2.09 bits per heavy atom. The molecule has 1 atom stereocenters. The molecule has 0 radical (unpaired) electrons. The second-order valence-corrected chi connectivity index (χ2v) is 6.16. The highest BCUT2D eigenvalue weighted by molar-refractivity contribution is 5.48. The molecule has 0 heterocycles. The molecular formula is C19H24O4. The number of benzene rings is 2. The first kappa shape index (κ1) is 17.0. The zero-order valence-corrected chi connectivity index (χ0v) is 13.8. The molecule has 0 fully saturated rings. The molecule has 0 aliphatic carbocycles. The van der Waals surface area contributed by atoms with Crippen LogP contribution in [-0.2, 0) is 0 Å². The van der Waals surface area contributed by atoms with Crippen LogP contribution in [-0.4, -0.2) is 21.9 Å². The summed E-state index contributed by atoms with van der Waals surface area (Å²) in [6, 6.07) is 9.81. The molecule has 0 saturated carbocycles. The molecular weight excluding hydrogens is 292 g/mol. The lowest BCUT2D eigenvalue weighted by molar-refractivity contribution is 0.298. The zero-order valence-electron chi connectivity index (χ0n) is 13.8. The fourth-order valence-corrected chi connectivity index (χ4v) is 2.53. The second-order valence-electron chi connectivity index (χ2n) is 6.16. The Morgan fingerprint density at radius 1 is 0.870 bits per heavy atom. The molecule has 124 valence electrons. The number of aromatic hydroxyl groups is 3. The fraction of sp³-hybridized carbons (Fsp3) is 0.368. The smallest absolute Gasteiger partial charge is 0.122 e. The SMILES string of the molecule is CC(C)c1cc(O)cc(C(C)CCOc2ccc(O)cc2)c1O. The molecule has 0 amide bonds. The summed E-state index contributed by atoms with van der Waals surface area (Å²) in [5.74, 6) is 1.52. The molecule has 1 unspecified atom stereocenters. The van der Waals surface area contributed by atoms with Crippen molar-refractivity contribution in [1.82, 2.24) is 0 Å². The van der Waals surface area contributed by atoms with Gasteiger partial charge in [0.25, 0.3) is 0 Å². The summed E-state index contributed by atoms with van der Waals surface area (Å²) in [4.78, 5) is 0. The van der Waals surface area contributed by atoms with Crippen molar-refractivity contribution >= 4 is 0 Å². The third kappa shape index (κ3) is 4.31.